The van der Waals surface area contributed by atoms with E-state index in [4.69, 9.17) is 15.3 Å². The van der Waals surface area contributed by atoms with Gasteiger partial charge in [-0.05, 0) is 45.8 Å². The first-order valence-electron chi connectivity index (χ1n) is 6.24. The minimum Gasteiger partial charge on any atom is -0.496 e. The first kappa shape index (κ1) is 15.8. The molecule has 0 spiro atoms. The molecule has 2 aromatic carbocycles. The van der Waals surface area contributed by atoms with Crippen molar-refractivity contribution in [3.8, 4) is 11.5 Å². The molecule has 0 radical (unpaired) electrons. The molecule has 0 aliphatic heterocycles. The first-order valence-corrected chi connectivity index (χ1v) is 7.03. The van der Waals surface area contributed by atoms with Crippen LogP contribution in [0.5, 0.6) is 11.5 Å². The molecule has 1 atom stereocenters. The monoisotopic (exact) mass is 354 g/mol. The highest BCUT2D eigenvalue weighted by molar-refractivity contribution is 9.10. The van der Waals surface area contributed by atoms with E-state index in [1.807, 2.05) is 6.07 Å². The molecule has 2 aromatic rings. The van der Waals surface area contributed by atoms with Crippen LogP contribution in [0.25, 0.3) is 0 Å². The smallest absolute Gasteiger partial charge is 0.137 e. The molecular weight excluding hydrogens is 339 g/mol. The third-order valence-corrected chi connectivity index (χ3v) is 3.84. The second-order valence-electron chi connectivity index (χ2n) is 4.35. The van der Waals surface area contributed by atoms with Gasteiger partial charge >= 0.3 is 0 Å². The van der Waals surface area contributed by atoms with Crippen molar-refractivity contribution in [3.05, 3.63) is 57.8 Å². The number of halogens is 2. The van der Waals surface area contributed by atoms with Gasteiger partial charge in [0.25, 0.3) is 0 Å². The second kappa shape index (κ2) is 6.89. The molecule has 0 aliphatic rings. The van der Waals surface area contributed by atoms with E-state index < -0.39 is 6.04 Å². The van der Waals surface area contributed by atoms with Crippen LogP contribution < -0.4 is 20.7 Å². The van der Waals surface area contributed by atoms with Crippen molar-refractivity contribution < 1.29 is 13.9 Å². The number of hydrazine groups is 1. The lowest BCUT2D eigenvalue weighted by Crippen LogP contribution is -2.29. The quantitative estimate of drug-likeness (QED) is 0.639. The number of hydrogen-bond acceptors (Lipinski definition) is 4. The van der Waals surface area contributed by atoms with Gasteiger partial charge in [0.15, 0.2) is 0 Å². The largest absolute Gasteiger partial charge is 0.496 e. The molecule has 0 heterocycles. The summed E-state index contributed by atoms with van der Waals surface area (Å²) in [4.78, 5) is 0. The summed E-state index contributed by atoms with van der Waals surface area (Å²) >= 11 is 3.14. The van der Waals surface area contributed by atoms with Crippen LogP contribution >= 0.6 is 15.9 Å². The van der Waals surface area contributed by atoms with Crippen LogP contribution in [0.1, 0.15) is 17.2 Å². The fraction of sp³-hybridized carbons (Fsp3) is 0.200. The zero-order valence-corrected chi connectivity index (χ0v) is 13.3. The molecule has 0 amide bonds. The highest BCUT2D eigenvalue weighted by Crippen LogP contribution is 2.37. The Hall–Kier alpha value is -1.63. The van der Waals surface area contributed by atoms with E-state index >= 15 is 0 Å². The Labute approximate surface area is 131 Å². The van der Waals surface area contributed by atoms with E-state index in [0.29, 0.717) is 27.1 Å². The molecule has 21 heavy (non-hydrogen) atoms. The molecule has 1 unspecified atom stereocenters. The number of methoxy groups -OCH3 is 2. The van der Waals surface area contributed by atoms with Crippen LogP contribution in [0, 0.1) is 5.82 Å². The number of nitrogens with two attached hydrogens (primary N) is 1. The summed E-state index contributed by atoms with van der Waals surface area (Å²) in [6.07, 6.45) is 0. The van der Waals surface area contributed by atoms with E-state index in [-0.39, 0.29) is 5.82 Å². The van der Waals surface area contributed by atoms with Gasteiger partial charge in [-0.2, -0.15) is 0 Å². The maximum absolute atomic E-state index is 13.8. The lowest BCUT2D eigenvalue weighted by Gasteiger charge is -2.22. The van der Waals surface area contributed by atoms with E-state index in [1.54, 1.807) is 38.5 Å². The van der Waals surface area contributed by atoms with Gasteiger partial charge in [-0.3, -0.25) is 5.84 Å². The summed E-state index contributed by atoms with van der Waals surface area (Å²) in [6.45, 7) is 0. The summed E-state index contributed by atoms with van der Waals surface area (Å²) in [6, 6.07) is 9.80. The Bertz CT molecular complexity index is 615. The number of rotatable bonds is 5. The summed E-state index contributed by atoms with van der Waals surface area (Å²) in [5.74, 6) is 6.54. The zero-order chi connectivity index (χ0) is 15.4. The molecule has 112 valence electrons. The SMILES string of the molecule is COc1cccc(OC)c1C(NN)c1ccc(Br)c(F)c1. The van der Waals surface area contributed by atoms with Gasteiger partial charge in [0.1, 0.15) is 17.3 Å². The van der Waals surface area contributed by atoms with Crippen molar-refractivity contribution in [2.45, 2.75) is 6.04 Å². The maximum atomic E-state index is 13.8. The first-order chi connectivity index (χ1) is 10.1. The number of benzene rings is 2. The summed E-state index contributed by atoms with van der Waals surface area (Å²) < 4.78 is 24.9. The molecule has 0 bridgehead atoms. The van der Waals surface area contributed by atoms with Crippen molar-refractivity contribution in [1.82, 2.24) is 5.43 Å². The van der Waals surface area contributed by atoms with Crippen molar-refractivity contribution in [3.63, 3.8) is 0 Å². The molecule has 0 aromatic heterocycles. The fourth-order valence-corrected chi connectivity index (χ4v) is 2.45. The molecule has 0 saturated carbocycles. The topological polar surface area (TPSA) is 56.5 Å². The van der Waals surface area contributed by atoms with Crippen molar-refractivity contribution >= 4 is 15.9 Å². The molecule has 2 rings (SSSR count). The van der Waals surface area contributed by atoms with Crippen molar-refractivity contribution in [2.24, 2.45) is 5.84 Å². The Balaban J connectivity index is 2.57. The van der Waals surface area contributed by atoms with Gasteiger partial charge in [-0.1, -0.05) is 12.1 Å². The lowest BCUT2D eigenvalue weighted by molar-refractivity contribution is 0.377. The molecule has 3 N–H and O–H groups in total. The Kier molecular flexibility index (Phi) is 5.17. The Morgan fingerprint density at radius 3 is 2.24 bits per heavy atom. The number of nitrogens with one attached hydrogen (secondary N) is 1. The summed E-state index contributed by atoms with van der Waals surface area (Å²) in [5, 5.41) is 0. The zero-order valence-electron chi connectivity index (χ0n) is 11.7. The van der Waals surface area contributed by atoms with Crippen molar-refractivity contribution in [2.75, 3.05) is 14.2 Å². The molecular formula is C15H16BrFN2O2. The van der Waals surface area contributed by atoms with E-state index in [1.165, 1.54) is 6.07 Å². The van der Waals surface area contributed by atoms with Gasteiger partial charge < -0.3 is 9.47 Å². The predicted molar refractivity (Wildman–Crippen MR) is 82.8 cm³/mol. The van der Waals surface area contributed by atoms with E-state index in [9.17, 15) is 4.39 Å². The normalized spacial score (nSPS) is 12.0. The van der Waals surface area contributed by atoms with Crippen LogP contribution in [0.3, 0.4) is 0 Å². The van der Waals surface area contributed by atoms with Crippen LogP contribution in [0.15, 0.2) is 40.9 Å². The highest BCUT2D eigenvalue weighted by atomic mass is 79.9. The number of ether oxygens (including phenoxy) is 2. The Morgan fingerprint density at radius 1 is 1.14 bits per heavy atom. The molecule has 0 fully saturated rings. The van der Waals surface area contributed by atoms with E-state index in [2.05, 4.69) is 21.4 Å². The lowest BCUT2D eigenvalue weighted by atomic mass is 9.97. The minimum atomic E-state index is -0.460. The minimum absolute atomic E-state index is 0.360. The standard InChI is InChI=1S/C15H16BrFN2O2/c1-20-12-4-3-5-13(21-2)14(12)15(19-18)9-6-7-10(16)11(17)8-9/h3-8,15,19H,18H2,1-2H3. The second-order valence-corrected chi connectivity index (χ2v) is 5.20. The van der Waals surface area contributed by atoms with Gasteiger partial charge in [0, 0.05) is 0 Å². The van der Waals surface area contributed by atoms with Crippen LogP contribution in [-0.4, -0.2) is 14.2 Å². The van der Waals surface area contributed by atoms with Crippen molar-refractivity contribution in [1.29, 1.82) is 0 Å². The van der Waals surface area contributed by atoms with Gasteiger partial charge in [-0.25, -0.2) is 9.82 Å². The van der Waals surface area contributed by atoms with Gasteiger partial charge in [0.05, 0.1) is 30.3 Å². The van der Waals surface area contributed by atoms with Gasteiger partial charge in [-0.15, -0.1) is 0 Å². The Morgan fingerprint density at radius 2 is 1.76 bits per heavy atom. The van der Waals surface area contributed by atoms with Crippen LogP contribution in [-0.2, 0) is 0 Å². The third kappa shape index (κ3) is 3.18. The van der Waals surface area contributed by atoms with Crippen LogP contribution in [0.2, 0.25) is 0 Å². The van der Waals surface area contributed by atoms with Gasteiger partial charge in [0.2, 0.25) is 0 Å². The average Bonchev–Trinajstić information content (AvgIpc) is 2.51. The molecule has 0 aliphatic carbocycles. The molecule has 4 nitrogen and oxygen atoms in total. The van der Waals surface area contributed by atoms with E-state index in [0.717, 1.165) is 0 Å². The average molecular weight is 355 g/mol. The van der Waals surface area contributed by atoms with Crippen LogP contribution in [0.4, 0.5) is 4.39 Å². The summed E-state index contributed by atoms with van der Waals surface area (Å²) in [5.41, 5.74) is 4.07. The number of hydrogen-bond donors (Lipinski definition) is 2. The third-order valence-electron chi connectivity index (χ3n) is 3.20. The summed E-state index contributed by atoms with van der Waals surface area (Å²) in [7, 11) is 3.13. The molecule has 6 heteroatoms. The molecule has 0 saturated heterocycles. The fourth-order valence-electron chi connectivity index (χ4n) is 2.20. The maximum Gasteiger partial charge on any atom is 0.137 e. The highest BCUT2D eigenvalue weighted by Gasteiger charge is 2.22. The predicted octanol–water partition coefficient (Wildman–Crippen LogP) is 3.16.